The highest BCUT2D eigenvalue weighted by Gasteiger charge is 2.53. The number of nitrogens with zero attached hydrogens (tertiary/aromatic N) is 3. The fourth-order valence-corrected chi connectivity index (χ4v) is 3.93. The Bertz CT molecular complexity index is 1030. The lowest BCUT2D eigenvalue weighted by Crippen LogP contribution is -2.40. The van der Waals surface area contributed by atoms with Crippen molar-refractivity contribution in [1.82, 2.24) is 10.2 Å². The smallest absolute Gasteiger partial charge is 0.336 e. The summed E-state index contributed by atoms with van der Waals surface area (Å²) in [5.41, 5.74) is 1.53. The average molecular weight is 336 g/mol. The van der Waals surface area contributed by atoms with Crippen LogP contribution >= 0.6 is 0 Å². The van der Waals surface area contributed by atoms with Crippen LogP contribution in [-0.2, 0) is 4.79 Å². The number of imide groups is 1. The van der Waals surface area contributed by atoms with Crippen LogP contribution in [0.1, 0.15) is 6.42 Å². The predicted molar refractivity (Wildman–Crippen MR) is 88.8 cm³/mol. The summed E-state index contributed by atoms with van der Waals surface area (Å²) in [7, 11) is 0. The molecule has 3 aliphatic rings. The normalized spacial score (nSPS) is 21.4. The Morgan fingerprint density at radius 3 is 2.60 bits per heavy atom. The van der Waals surface area contributed by atoms with E-state index in [1.807, 2.05) is 0 Å². The molecule has 0 aliphatic carbocycles. The van der Waals surface area contributed by atoms with E-state index in [9.17, 15) is 19.7 Å². The minimum absolute atomic E-state index is 0.0317. The maximum Gasteiger partial charge on any atom is 0.336 e. The van der Waals surface area contributed by atoms with Crippen LogP contribution in [0.2, 0.25) is 0 Å². The molecule has 5 rings (SSSR count). The quantitative estimate of drug-likeness (QED) is 0.515. The molecule has 1 N–H and O–H groups in total. The molecule has 0 saturated carbocycles. The summed E-state index contributed by atoms with van der Waals surface area (Å²) in [6, 6.07) is 9.12. The number of non-ortho nitro benzene ring substituents is 1. The van der Waals surface area contributed by atoms with Crippen molar-refractivity contribution in [2.24, 2.45) is 0 Å². The Morgan fingerprint density at radius 1 is 1.12 bits per heavy atom. The number of carbonyl (C=O) groups is 2. The molecule has 1 atom stereocenters. The van der Waals surface area contributed by atoms with E-state index in [2.05, 4.69) is 5.32 Å². The van der Waals surface area contributed by atoms with E-state index in [1.165, 1.54) is 12.1 Å². The van der Waals surface area contributed by atoms with Gasteiger partial charge in [-0.05, 0) is 12.1 Å². The highest BCUT2D eigenvalue weighted by Crippen LogP contribution is 2.42. The van der Waals surface area contributed by atoms with Crippen molar-refractivity contribution in [3.05, 3.63) is 57.9 Å². The van der Waals surface area contributed by atoms with E-state index in [1.54, 1.807) is 29.2 Å². The molecule has 3 heterocycles. The van der Waals surface area contributed by atoms with Crippen LogP contribution in [-0.4, -0.2) is 34.3 Å². The first-order chi connectivity index (χ1) is 12.1. The van der Waals surface area contributed by atoms with Gasteiger partial charge >= 0.3 is 6.03 Å². The Hall–Kier alpha value is -3.42. The number of carbonyl (C=O) groups excluding carboxylic acids is 2. The fourth-order valence-electron chi connectivity index (χ4n) is 3.93. The molecular weight excluding hydrogens is 324 g/mol. The van der Waals surface area contributed by atoms with Crippen molar-refractivity contribution >= 4 is 34.1 Å². The number of hydrogen-bond acceptors (Lipinski definition) is 5. The number of amides is 3. The molecule has 3 amide bonds. The highest BCUT2D eigenvalue weighted by atomic mass is 16.6. The number of rotatable bonds is 2. The third kappa shape index (κ3) is 1.65. The van der Waals surface area contributed by atoms with E-state index in [0.29, 0.717) is 35.1 Å². The van der Waals surface area contributed by atoms with Crippen LogP contribution in [0.15, 0.2) is 47.8 Å². The Kier molecular flexibility index (Phi) is 2.55. The van der Waals surface area contributed by atoms with Gasteiger partial charge in [0.1, 0.15) is 5.70 Å². The zero-order valence-electron chi connectivity index (χ0n) is 12.9. The number of hydrogen-bond donors (Lipinski definition) is 1. The Balaban J connectivity index is 1.72. The molecule has 8 heteroatoms. The summed E-state index contributed by atoms with van der Waals surface area (Å²) >= 11 is 0. The molecule has 2 aromatic carbocycles. The zero-order valence-corrected chi connectivity index (χ0v) is 12.9. The van der Waals surface area contributed by atoms with Crippen molar-refractivity contribution in [2.45, 2.75) is 12.5 Å². The number of nitro benzene ring substituents is 1. The fraction of sp³-hybridized carbons (Fsp3) is 0.176. The summed E-state index contributed by atoms with van der Waals surface area (Å²) in [6.07, 6.45) is 0.682. The lowest BCUT2D eigenvalue weighted by Gasteiger charge is -2.22. The number of benzene rings is 2. The van der Waals surface area contributed by atoms with Crippen LogP contribution in [0, 0.1) is 10.1 Å². The van der Waals surface area contributed by atoms with Crippen LogP contribution < -0.4 is 10.2 Å². The second kappa shape index (κ2) is 4.56. The van der Waals surface area contributed by atoms with Gasteiger partial charge in [-0.3, -0.25) is 19.8 Å². The molecule has 3 aliphatic heterocycles. The van der Waals surface area contributed by atoms with E-state index in [-0.39, 0.29) is 23.7 Å². The SMILES string of the molecule is O=C1C2=C3CC(CN3)N2C(=O)N1c1ccc([N+](=O)[O-])c2ccccc12. The molecule has 124 valence electrons. The summed E-state index contributed by atoms with van der Waals surface area (Å²) in [6.45, 7) is 0.646. The number of nitrogens with one attached hydrogen (secondary N) is 1. The lowest BCUT2D eigenvalue weighted by molar-refractivity contribution is -0.383. The molecule has 1 unspecified atom stereocenters. The third-order valence-corrected chi connectivity index (χ3v) is 5.00. The van der Waals surface area contributed by atoms with Crippen LogP contribution in [0.3, 0.4) is 0 Å². The topological polar surface area (TPSA) is 95.8 Å². The van der Waals surface area contributed by atoms with Crippen molar-refractivity contribution in [3.63, 3.8) is 0 Å². The van der Waals surface area contributed by atoms with Crippen molar-refractivity contribution in [1.29, 1.82) is 0 Å². The first kappa shape index (κ1) is 14.0. The van der Waals surface area contributed by atoms with Crippen LogP contribution in [0.25, 0.3) is 10.8 Å². The predicted octanol–water partition coefficient (Wildman–Crippen LogP) is 2.10. The van der Waals surface area contributed by atoms with Gasteiger partial charge in [0.25, 0.3) is 11.6 Å². The van der Waals surface area contributed by atoms with Gasteiger partial charge in [0.15, 0.2) is 0 Å². The van der Waals surface area contributed by atoms with Gasteiger partial charge in [-0.1, -0.05) is 18.2 Å². The van der Waals surface area contributed by atoms with Gasteiger partial charge in [0, 0.05) is 30.1 Å². The molecule has 2 saturated heterocycles. The minimum Gasteiger partial charge on any atom is -0.384 e. The molecule has 0 radical (unpaired) electrons. The first-order valence-corrected chi connectivity index (χ1v) is 7.88. The maximum atomic E-state index is 12.9. The van der Waals surface area contributed by atoms with E-state index in [0.717, 1.165) is 10.6 Å². The number of anilines is 1. The summed E-state index contributed by atoms with van der Waals surface area (Å²) in [5.74, 6) is -0.381. The van der Waals surface area contributed by atoms with Gasteiger partial charge in [-0.25, -0.2) is 9.69 Å². The summed E-state index contributed by atoms with van der Waals surface area (Å²) in [4.78, 5) is 39.2. The number of urea groups is 1. The summed E-state index contributed by atoms with van der Waals surface area (Å²) < 4.78 is 0. The van der Waals surface area contributed by atoms with Crippen molar-refractivity contribution in [3.8, 4) is 0 Å². The average Bonchev–Trinajstić information content (AvgIpc) is 3.28. The molecule has 0 aromatic heterocycles. The van der Waals surface area contributed by atoms with Gasteiger partial charge in [-0.15, -0.1) is 0 Å². The number of fused-ring (bicyclic) bond motifs is 5. The van der Waals surface area contributed by atoms with E-state index >= 15 is 0 Å². The molecule has 2 fully saturated rings. The Morgan fingerprint density at radius 2 is 1.88 bits per heavy atom. The molecular formula is C17H12N4O4. The first-order valence-electron chi connectivity index (χ1n) is 7.88. The summed E-state index contributed by atoms with van der Waals surface area (Å²) in [5, 5.41) is 15.3. The second-order valence-corrected chi connectivity index (χ2v) is 6.27. The monoisotopic (exact) mass is 336 g/mol. The van der Waals surface area contributed by atoms with Gasteiger partial charge in [0.2, 0.25) is 0 Å². The van der Waals surface area contributed by atoms with Gasteiger partial charge < -0.3 is 5.32 Å². The van der Waals surface area contributed by atoms with Gasteiger partial charge in [-0.2, -0.15) is 0 Å². The van der Waals surface area contributed by atoms with Crippen molar-refractivity contribution < 1.29 is 14.5 Å². The zero-order chi connectivity index (χ0) is 17.3. The molecule has 2 aromatic rings. The van der Waals surface area contributed by atoms with E-state index in [4.69, 9.17) is 0 Å². The lowest BCUT2D eigenvalue weighted by atomic mass is 10.1. The molecule has 0 spiro atoms. The molecule has 25 heavy (non-hydrogen) atoms. The highest BCUT2D eigenvalue weighted by molar-refractivity contribution is 6.30. The molecule has 2 bridgehead atoms. The van der Waals surface area contributed by atoms with Crippen molar-refractivity contribution in [2.75, 3.05) is 11.4 Å². The second-order valence-electron chi connectivity index (χ2n) is 6.27. The minimum atomic E-state index is -0.466. The Labute approximate surface area is 141 Å². The van der Waals surface area contributed by atoms with Gasteiger partial charge in [0.05, 0.1) is 22.0 Å². The third-order valence-electron chi connectivity index (χ3n) is 5.00. The van der Waals surface area contributed by atoms with Crippen LogP contribution in [0.4, 0.5) is 16.2 Å². The largest absolute Gasteiger partial charge is 0.384 e. The standard InChI is InChI=1S/C17H12N4O4/c22-16-15-12-7-9(8-18-12)19(15)17(23)20(16)13-5-6-14(21(24)25)11-4-2-1-3-10(11)13/h1-6,9,18H,7-8H2. The maximum absolute atomic E-state index is 12.9. The molecule has 8 nitrogen and oxygen atoms in total. The van der Waals surface area contributed by atoms with Crippen LogP contribution in [0.5, 0.6) is 0 Å². The van der Waals surface area contributed by atoms with E-state index < -0.39 is 4.92 Å². The number of nitro groups is 1.